The molecule has 1 fully saturated rings. The van der Waals surface area contributed by atoms with Crippen LogP contribution in [0.4, 0.5) is 5.69 Å². The van der Waals surface area contributed by atoms with Crippen LogP contribution < -0.4 is 15.8 Å². The van der Waals surface area contributed by atoms with Crippen molar-refractivity contribution in [1.82, 2.24) is 9.88 Å². The predicted octanol–water partition coefficient (Wildman–Crippen LogP) is 1.64. The molecule has 4 rings (SSSR count). The lowest BCUT2D eigenvalue weighted by Crippen LogP contribution is -2.42. The predicted molar refractivity (Wildman–Crippen MR) is 96.9 cm³/mol. The number of carbonyl (C=O) groups excluding carboxylic acids is 2. The summed E-state index contributed by atoms with van der Waals surface area (Å²) in [6.07, 6.45) is 3.25. The van der Waals surface area contributed by atoms with Crippen LogP contribution in [0.15, 0.2) is 36.5 Å². The molecule has 3 N–H and O–H groups in total. The highest BCUT2D eigenvalue weighted by Crippen LogP contribution is 2.37. The molecule has 2 aliphatic heterocycles. The third-order valence-corrected chi connectivity index (χ3v) is 4.75. The van der Waals surface area contributed by atoms with Gasteiger partial charge < -0.3 is 20.7 Å². The molecule has 2 amide bonds. The second-order valence-electron chi connectivity index (χ2n) is 6.58. The zero-order valence-corrected chi connectivity index (χ0v) is 14.3. The van der Waals surface area contributed by atoms with Crippen molar-refractivity contribution in [3.8, 4) is 17.0 Å². The minimum atomic E-state index is -0.176. The van der Waals surface area contributed by atoms with Gasteiger partial charge >= 0.3 is 0 Å². The summed E-state index contributed by atoms with van der Waals surface area (Å²) < 4.78 is 5.57. The van der Waals surface area contributed by atoms with E-state index in [0.29, 0.717) is 35.8 Å². The summed E-state index contributed by atoms with van der Waals surface area (Å²) in [7, 11) is 0. The van der Waals surface area contributed by atoms with Gasteiger partial charge in [0.25, 0.3) is 11.8 Å². The molecule has 0 aliphatic carbocycles. The molecule has 0 unspecified atom stereocenters. The van der Waals surface area contributed by atoms with E-state index in [-0.39, 0.29) is 24.5 Å². The van der Waals surface area contributed by atoms with Gasteiger partial charge in [-0.3, -0.25) is 14.6 Å². The Balaban J connectivity index is 1.56. The van der Waals surface area contributed by atoms with E-state index in [0.717, 1.165) is 18.4 Å². The maximum Gasteiger partial charge on any atom is 0.262 e. The molecule has 7 heteroatoms. The summed E-state index contributed by atoms with van der Waals surface area (Å²) in [5.41, 5.74) is 8.56. The van der Waals surface area contributed by atoms with E-state index in [2.05, 4.69) is 10.3 Å². The van der Waals surface area contributed by atoms with E-state index in [9.17, 15) is 9.59 Å². The summed E-state index contributed by atoms with van der Waals surface area (Å²) in [6.45, 7) is 1.35. The molecule has 1 aromatic heterocycles. The van der Waals surface area contributed by atoms with Gasteiger partial charge in [0.1, 0.15) is 0 Å². The normalized spacial score (nSPS) is 17.3. The highest BCUT2D eigenvalue weighted by molar-refractivity contribution is 5.98. The number of benzene rings is 1. The Kier molecular flexibility index (Phi) is 4.30. The number of para-hydroxylation sites is 1. The Labute approximate surface area is 151 Å². The molecule has 0 saturated carbocycles. The molecule has 0 spiro atoms. The summed E-state index contributed by atoms with van der Waals surface area (Å²) in [6, 6.07) is 9.27. The number of nitrogens with one attached hydrogen (secondary N) is 1. The van der Waals surface area contributed by atoms with Crippen LogP contribution in [-0.4, -0.2) is 47.4 Å². The third kappa shape index (κ3) is 3.13. The minimum absolute atomic E-state index is 0.0162. The maximum absolute atomic E-state index is 12.6. The molecule has 7 nitrogen and oxygen atoms in total. The number of amides is 2. The first-order chi connectivity index (χ1) is 12.6. The maximum atomic E-state index is 12.6. The van der Waals surface area contributed by atoms with Crippen LogP contribution in [0.25, 0.3) is 11.3 Å². The van der Waals surface area contributed by atoms with Gasteiger partial charge in [0, 0.05) is 30.9 Å². The summed E-state index contributed by atoms with van der Waals surface area (Å²) >= 11 is 0. The smallest absolute Gasteiger partial charge is 0.262 e. The van der Waals surface area contributed by atoms with E-state index in [4.69, 9.17) is 10.5 Å². The van der Waals surface area contributed by atoms with Gasteiger partial charge in [-0.25, -0.2) is 0 Å². The van der Waals surface area contributed by atoms with Crippen LogP contribution in [-0.2, 0) is 4.79 Å². The summed E-state index contributed by atoms with van der Waals surface area (Å²) in [4.78, 5) is 30.3. The SMILES string of the molecule is NC1CCN(C(=O)c2ccc(-c3cccc4c3OCC(=O)N4)nc2)CC1. The molecule has 1 aromatic carbocycles. The number of aromatic nitrogens is 1. The molecular formula is C19H20N4O3. The van der Waals surface area contributed by atoms with Crippen molar-refractivity contribution in [1.29, 1.82) is 0 Å². The van der Waals surface area contributed by atoms with E-state index >= 15 is 0 Å². The molecule has 1 saturated heterocycles. The van der Waals surface area contributed by atoms with Crippen molar-refractivity contribution < 1.29 is 14.3 Å². The number of pyridine rings is 1. The van der Waals surface area contributed by atoms with Crippen LogP contribution in [0.5, 0.6) is 5.75 Å². The van der Waals surface area contributed by atoms with E-state index < -0.39 is 0 Å². The molecule has 3 heterocycles. The summed E-state index contributed by atoms with van der Waals surface area (Å²) in [5.74, 6) is 0.406. The zero-order valence-electron chi connectivity index (χ0n) is 14.3. The first-order valence-corrected chi connectivity index (χ1v) is 8.69. The van der Waals surface area contributed by atoms with E-state index in [1.807, 2.05) is 17.0 Å². The molecule has 134 valence electrons. The van der Waals surface area contributed by atoms with Crippen molar-refractivity contribution in [3.63, 3.8) is 0 Å². The molecular weight excluding hydrogens is 332 g/mol. The third-order valence-electron chi connectivity index (χ3n) is 4.75. The second-order valence-corrected chi connectivity index (χ2v) is 6.58. The number of anilines is 1. The number of hydrogen-bond donors (Lipinski definition) is 2. The fourth-order valence-electron chi connectivity index (χ4n) is 3.28. The Morgan fingerprint density at radius 2 is 2.04 bits per heavy atom. The highest BCUT2D eigenvalue weighted by Gasteiger charge is 2.23. The van der Waals surface area contributed by atoms with Crippen molar-refractivity contribution >= 4 is 17.5 Å². The second kappa shape index (κ2) is 6.76. The number of likely N-dealkylation sites (tertiary alicyclic amines) is 1. The number of nitrogens with two attached hydrogens (primary N) is 1. The van der Waals surface area contributed by atoms with Gasteiger partial charge in [-0.2, -0.15) is 0 Å². The number of nitrogens with zero attached hydrogens (tertiary/aromatic N) is 2. The topological polar surface area (TPSA) is 97.5 Å². The fourth-order valence-corrected chi connectivity index (χ4v) is 3.28. The van der Waals surface area contributed by atoms with Gasteiger partial charge in [-0.05, 0) is 37.1 Å². The van der Waals surface area contributed by atoms with Crippen LogP contribution >= 0.6 is 0 Å². The Bertz CT molecular complexity index is 842. The standard InChI is InChI=1S/C19H20N4O3/c20-13-6-8-23(9-7-13)19(25)12-4-5-15(21-10-12)14-2-1-3-16-18(14)26-11-17(24)22-16/h1-5,10,13H,6-9,11,20H2,(H,22,24). The van der Waals surface area contributed by atoms with Crippen molar-refractivity contribution in [2.75, 3.05) is 25.0 Å². The quantitative estimate of drug-likeness (QED) is 0.856. The van der Waals surface area contributed by atoms with Crippen molar-refractivity contribution in [2.24, 2.45) is 5.73 Å². The monoisotopic (exact) mass is 352 g/mol. The first kappa shape index (κ1) is 16.5. The lowest BCUT2D eigenvalue weighted by atomic mass is 10.0. The zero-order chi connectivity index (χ0) is 18.1. The number of piperidine rings is 1. The average Bonchev–Trinajstić information content (AvgIpc) is 2.67. The average molecular weight is 352 g/mol. The van der Waals surface area contributed by atoms with E-state index in [1.165, 1.54) is 0 Å². The number of ether oxygens (including phenoxy) is 1. The number of hydrogen-bond acceptors (Lipinski definition) is 5. The molecule has 0 atom stereocenters. The Morgan fingerprint density at radius 3 is 2.77 bits per heavy atom. The molecule has 2 aromatic rings. The highest BCUT2D eigenvalue weighted by atomic mass is 16.5. The van der Waals surface area contributed by atoms with E-state index in [1.54, 1.807) is 24.4 Å². The number of rotatable bonds is 2. The molecule has 2 aliphatic rings. The molecule has 0 bridgehead atoms. The van der Waals surface area contributed by atoms with Gasteiger partial charge in [0.2, 0.25) is 0 Å². The fraction of sp³-hybridized carbons (Fsp3) is 0.316. The van der Waals surface area contributed by atoms with Gasteiger partial charge in [0.05, 0.1) is 16.9 Å². The van der Waals surface area contributed by atoms with Crippen molar-refractivity contribution in [3.05, 3.63) is 42.1 Å². The van der Waals surface area contributed by atoms with Crippen LogP contribution in [0.2, 0.25) is 0 Å². The number of fused-ring (bicyclic) bond motifs is 1. The van der Waals surface area contributed by atoms with Gasteiger partial charge in [-0.15, -0.1) is 0 Å². The lowest BCUT2D eigenvalue weighted by Gasteiger charge is -2.30. The Hall–Kier alpha value is -2.93. The number of carbonyl (C=O) groups is 2. The van der Waals surface area contributed by atoms with Crippen LogP contribution in [0.3, 0.4) is 0 Å². The van der Waals surface area contributed by atoms with Crippen LogP contribution in [0.1, 0.15) is 23.2 Å². The Morgan fingerprint density at radius 1 is 1.23 bits per heavy atom. The van der Waals surface area contributed by atoms with Crippen LogP contribution in [0, 0.1) is 0 Å². The largest absolute Gasteiger partial charge is 0.481 e. The first-order valence-electron chi connectivity index (χ1n) is 8.69. The molecule has 26 heavy (non-hydrogen) atoms. The van der Waals surface area contributed by atoms with Crippen molar-refractivity contribution in [2.45, 2.75) is 18.9 Å². The molecule has 0 radical (unpaired) electrons. The minimum Gasteiger partial charge on any atom is -0.481 e. The van der Waals surface area contributed by atoms with Gasteiger partial charge in [-0.1, -0.05) is 6.07 Å². The lowest BCUT2D eigenvalue weighted by molar-refractivity contribution is -0.118. The van der Waals surface area contributed by atoms with Gasteiger partial charge in [0.15, 0.2) is 12.4 Å². The summed E-state index contributed by atoms with van der Waals surface area (Å²) in [5, 5.41) is 2.78.